The summed E-state index contributed by atoms with van der Waals surface area (Å²) in [6.07, 6.45) is 1.68. The van der Waals surface area contributed by atoms with Gasteiger partial charge in [0.1, 0.15) is 5.75 Å². The SMILES string of the molecule is COc1cc(C#N)ccc1C1C(C(=O)O)=C(C)Nc2c(C)cnc(OC)c21. The summed E-state index contributed by atoms with van der Waals surface area (Å²) in [6.45, 7) is 3.62. The molecule has 1 aromatic carbocycles. The van der Waals surface area contributed by atoms with E-state index in [1.54, 1.807) is 31.3 Å². The second kappa shape index (κ2) is 7.00. The summed E-state index contributed by atoms with van der Waals surface area (Å²) in [4.78, 5) is 16.4. The first kappa shape index (κ1) is 18.3. The number of carboxylic acid groups (broad SMARTS) is 1. The first-order valence-electron chi connectivity index (χ1n) is 8.25. The molecule has 0 saturated carbocycles. The van der Waals surface area contributed by atoms with Crippen molar-refractivity contribution < 1.29 is 19.4 Å². The van der Waals surface area contributed by atoms with E-state index in [1.165, 1.54) is 14.2 Å². The van der Waals surface area contributed by atoms with Gasteiger partial charge in [-0.2, -0.15) is 5.26 Å². The third-order valence-electron chi connectivity index (χ3n) is 4.66. The molecule has 27 heavy (non-hydrogen) atoms. The van der Waals surface area contributed by atoms with Crippen LogP contribution in [0.5, 0.6) is 11.6 Å². The normalized spacial score (nSPS) is 15.4. The fourth-order valence-electron chi connectivity index (χ4n) is 3.44. The van der Waals surface area contributed by atoms with Gasteiger partial charge >= 0.3 is 5.97 Å². The highest BCUT2D eigenvalue weighted by atomic mass is 16.5. The molecule has 0 aliphatic carbocycles. The lowest BCUT2D eigenvalue weighted by atomic mass is 9.80. The number of aromatic nitrogens is 1. The molecule has 2 heterocycles. The molecule has 1 aliphatic heterocycles. The van der Waals surface area contributed by atoms with Crippen molar-refractivity contribution >= 4 is 11.7 Å². The summed E-state index contributed by atoms with van der Waals surface area (Å²) in [5.74, 6) is -0.942. The zero-order chi connectivity index (χ0) is 19.7. The van der Waals surface area contributed by atoms with Gasteiger partial charge in [0.25, 0.3) is 0 Å². The number of methoxy groups -OCH3 is 2. The van der Waals surface area contributed by atoms with Gasteiger partial charge in [-0.25, -0.2) is 9.78 Å². The molecule has 2 aromatic rings. The van der Waals surface area contributed by atoms with E-state index in [1.807, 2.05) is 6.92 Å². The number of nitrogens with one attached hydrogen (secondary N) is 1. The second-order valence-corrected chi connectivity index (χ2v) is 6.21. The highest BCUT2D eigenvalue weighted by Gasteiger charge is 2.37. The van der Waals surface area contributed by atoms with Gasteiger partial charge in [-0.3, -0.25) is 0 Å². The van der Waals surface area contributed by atoms with Crippen molar-refractivity contribution in [3.8, 4) is 17.7 Å². The molecule has 3 rings (SSSR count). The van der Waals surface area contributed by atoms with Gasteiger partial charge < -0.3 is 19.9 Å². The van der Waals surface area contributed by atoms with Gasteiger partial charge in [0.15, 0.2) is 0 Å². The van der Waals surface area contributed by atoms with Crippen LogP contribution in [0.4, 0.5) is 5.69 Å². The van der Waals surface area contributed by atoms with Gasteiger partial charge in [0, 0.05) is 17.5 Å². The predicted octanol–water partition coefficient (Wildman–Crippen LogP) is 3.19. The Morgan fingerprint density at radius 2 is 2.04 bits per heavy atom. The number of nitrogens with zero attached hydrogens (tertiary/aromatic N) is 2. The van der Waals surface area contributed by atoms with Crippen molar-refractivity contribution in [2.45, 2.75) is 19.8 Å². The molecule has 7 heteroatoms. The number of ether oxygens (including phenoxy) is 2. The molecule has 1 aromatic heterocycles. The Labute approximate surface area is 156 Å². The molecule has 1 atom stereocenters. The molecule has 2 N–H and O–H groups in total. The highest BCUT2D eigenvalue weighted by Crippen LogP contribution is 2.48. The topological polar surface area (TPSA) is 104 Å². The van der Waals surface area contributed by atoms with Crippen LogP contribution in [0.3, 0.4) is 0 Å². The summed E-state index contributed by atoms with van der Waals surface area (Å²) in [7, 11) is 2.99. The summed E-state index contributed by atoms with van der Waals surface area (Å²) in [5, 5.41) is 22.3. The van der Waals surface area contributed by atoms with Gasteiger partial charge in [-0.05, 0) is 31.5 Å². The maximum Gasteiger partial charge on any atom is 0.334 e. The third kappa shape index (κ3) is 2.95. The van der Waals surface area contributed by atoms with Crippen LogP contribution in [0.15, 0.2) is 35.7 Å². The Bertz CT molecular complexity index is 1010. The summed E-state index contributed by atoms with van der Waals surface area (Å²) in [5.41, 5.74) is 4.02. The van der Waals surface area contributed by atoms with E-state index in [0.717, 1.165) is 11.3 Å². The van der Waals surface area contributed by atoms with Gasteiger partial charge in [0.05, 0.1) is 48.6 Å². The van der Waals surface area contributed by atoms with E-state index in [4.69, 9.17) is 14.7 Å². The highest BCUT2D eigenvalue weighted by molar-refractivity contribution is 5.94. The van der Waals surface area contributed by atoms with Crippen LogP contribution < -0.4 is 14.8 Å². The fourth-order valence-corrected chi connectivity index (χ4v) is 3.44. The number of benzene rings is 1. The molecule has 7 nitrogen and oxygen atoms in total. The predicted molar refractivity (Wildman–Crippen MR) is 99.0 cm³/mol. The van der Waals surface area contributed by atoms with E-state index >= 15 is 0 Å². The van der Waals surface area contributed by atoms with Gasteiger partial charge in [0.2, 0.25) is 5.88 Å². The number of carbonyl (C=O) groups is 1. The number of nitriles is 1. The van der Waals surface area contributed by atoms with E-state index in [9.17, 15) is 9.90 Å². The van der Waals surface area contributed by atoms with E-state index < -0.39 is 11.9 Å². The number of hydrogen-bond donors (Lipinski definition) is 2. The lowest BCUT2D eigenvalue weighted by molar-refractivity contribution is -0.133. The number of pyridine rings is 1. The van der Waals surface area contributed by atoms with E-state index in [-0.39, 0.29) is 5.57 Å². The zero-order valence-corrected chi connectivity index (χ0v) is 15.5. The van der Waals surface area contributed by atoms with Crippen molar-refractivity contribution in [3.05, 3.63) is 57.9 Å². The van der Waals surface area contributed by atoms with Crippen molar-refractivity contribution in [1.82, 2.24) is 4.98 Å². The van der Waals surface area contributed by atoms with Crippen LogP contribution in [0.25, 0.3) is 0 Å². The molecule has 138 valence electrons. The van der Waals surface area contributed by atoms with Crippen LogP contribution in [0, 0.1) is 18.3 Å². The minimum atomic E-state index is -1.05. The van der Waals surface area contributed by atoms with Crippen LogP contribution in [-0.2, 0) is 4.79 Å². The molecule has 1 aliphatic rings. The smallest absolute Gasteiger partial charge is 0.334 e. The molecule has 0 bridgehead atoms. The Balaban J connectivity index is 2.38. The van der Waals surface area contributed by atoms with E-state index in [2.05, 4.69) is 16.4 Å². The van der Waals surface area contributed by atoms with Crippen molar-refractivity contribution in [3.63, 3.8) is 0 Å². The first-order valence-corrected chi connectivity index (χ1v) is 8.25. The Hall–Kier alpha value is -3.53. The van der Waals surface area contributed by atoms with Crippen molar-refractivity contribution in [1.29, 1.82) is 5.26 Å². The molecule has 0 saturated heterocycles. The lowest BCUT2D eigenvalue weighted by Gasteiger charge is -2.31. The van der Waals surface area contributed by atoms with Crippen LogP contribution in [0.1, 0.15) is 35.1 Å². The molecular formula is C20H19N3O4. The van der Waals surface area contributed by atoms with Crippen LogP contribution in [0.2, 0.25) is 0 Å². The molecule has 0 fully saturated rings. The lowest BCUT2D eigenvalue weighted by Crippen LogP contribution is -2.24. The minimum Gasteiger partial charge on any atom is -0.496 e. The number of allylic oxidation sites excluding steroid dienone is 1. The molecule has 0 spiro atoms. The van der Waals surface area contributed by atoms with Crippen LogP contribution in [-0.4, -0.2) is 30.3 Å². The number of anilines is 1. The van der Waals surface area contributed by atoms with Crippen molar-refractivity contribution in [2.24, 2.45) is 0 Å². The number of aliphatic carboxylic acids is 1. The average molecular weight is 365 g/mol. The van der Waals surface area contributed by atoms with E-state index in [0.29, 0.717) is 34.0 Å². The zero-order valence-electron chi connectivity index (χ0n) is 15.5. The standard InChI is InChI=1S/C20H19N3O4/c1-10-9-22-19(27-4)17-16(15(20(24)25)11(2)23-18(10)17)13-6-5-12(8-21)7-14(13)26-3/h5-7,9,16,23H,1-4H3,(H,24,25). The molecule has 0 amide bonds. The Morgan fingerprint density at radius 3 is 2.63 bits per heavy atom. The molecule has 1 unspecified atom stereocenters. The molecule has 0 radical (unpaired) electrons. The Kier molecular flexibility index (Phi) is 4.74. The minimum absolute atomic E-state index is 0.177. The largest absolute Gasteiger partial charge is 0.496 e. The average Bonchev–Trinajstić information content (AvgIpc) is 2.67. The number of carboxylic acids is 1. The van der Waals surface area contributed by atoms with Gasteiger partial charge in [-0.1, -0.05) is 6.07 Å². The summed E-state index contributed by atoms with van der Waals surface area (Å²) >= 11 is 0. The third-order valence-corrected chi connectivity index (χ3v) is 4.66. The second-order valence-electron chi connectivity index (χ2n) is 6.21. The van der Waals surface area contributed by atoms with Gasteiger partial charge in [-0.15, -0.1) is 0 Å². The summed E-state index contributed by atoms with van der Waals surface area (Å²) in [6, 6.07) is 7.03. The fraction of sp³-hybridized carbons (Fsp3) is 0.250. The van der Waals surface area contributed by atoms with Crippen molar-refractivity contribution in [2.75, 3.05) is 19.5 Å². The number of aryl methyl sites for hydroxylation is 1. The first-order chi connectivity index (χ1) is 12.9. The molecular weight excluding hydrogens is 346 g/mol. The number of hydrogen-bond acceptors (Lipinski definition) is 6. The quantitative estimate of drug-likeness (QED) is 0.857. The number of fused-ring (bicyclic) bond motifs is 1. The number of rotatable bonds is 4. The maximum atomic E-state index is 12.1. The monoisotopic (exact) mass is 365 g/mol. The maximum absolute atomic E-state index is 12.1. The summed E-state index contributed by atoms with van der Waals surface area (Å²) < 4.78 is 10.9. The van der Waals surface area contributed by atoms with Crippen LogP contribution >= 0.6 is 0 Å². The Morgan fingerprint density at radius 1 is 1.30 bits per heavy atom.